The van der Waals surface area contributed by atoms with Crippen molar-refractivity contribution < 1.29 is 9.15 Å². The summed E-state index contributed by atoms with van der Waals surface area (Å²) in [6.07, 6.45) is 1.11. The second-order valence-corrected chi connectivity index (χ2v) is 5.63. The van der Waals surface area contributed by atoms with E-state index in [2.05, 4.69) is 52.1 Å². The third-order valence-electron chi connectivity index (χ3n) is 3.11. The van der Waals surface area contributed by atoms with Crippen LogP contribution < -0.4 is 4.74 Å². The van der Waals surface area contributed by atoms with Crippen LogP contribution in [0, 0.1) is 0 Å². The number of aromatic nitrogens is 2. The van der Waals surface area contributed by atoms with Gasteiger partial charge in [0.05, 0.1) is 4.47 Å². The molecule has 0 spiro atoms. The summed E-state index contributed by atoms with van der Waals surface area (Å²) in [6, 6.07) is 6.11. The summed E-state index contributed by atoms with van der Waals surface area (Å²) in [5.41, 5.74) is 1.29. The standard InChI is InChI=1S/C14H16BrClN2O2/c1-3-9(2)10-4-5-12(11(15)6-10)19-8-14-18-17-13(7-16)20-14/h4-6,9H,3,7-8H2,1-2H3. The van der Waals surface area contributed by atoms with Crippen molar-refractivity contribution in [1.82, 2.24) is 10.2 Å². The van der Waals surface area contributed by atoms with E-state index in [1.807, 2.05) is 6.07 Å². The van der Waals surface area contributed by atoms with Crippen molar-refractivity contribution in [3.05, 3.63) is 40.0 Å². The molecule has 0 bridgehead atoms. The van der Waals surface area contributed by atoms with Gasteiger partial charge >= 0.3 is 0 Å². The van der Waals surface area contributed by atoms with Crippen molar-refractivity contribution in [2.45, 2.75) is 38.7 Å². The Labute approximate surface area is 131 Å². The van der Waals surface area contributed by atoms with Gasteiger partial charge in [0.25, 0.3) is 5.89 Å². The molecule has 2 aromatic rings. The maximum absolute atomic E-state index is 5.66. The first-order valence-electron chi connectivity index (χ1n) is 6.43. The molecule has 20 heavy (non-hydrogen) atoms. The molecule has 0 aliphatic carbocycles. The molecule has 2 rings (SSSR count). The van der Waals surface area contributed by atoms with Crippen LogP contribution in [0.1, 0.15) is 43.5 Å². The second kappa shape index (κ2) is 7.09. The summed E-state index contributed by atoms with van der Waals surface area (Å²) < 4.78 is 11.9. The highest BCUT2D eigenvalue weighted by atomic mass is 79.9. The molecule has 0 amide bonds. The van der Waals surface area contributed by atoms with Crippen LogP contribution in [0.2, 0.25) is 0 Å². The predicted molar refractivity (Wildman–Crippen MR) is 81.0 cm³/mol. The molecule has 0 saturated heterocycles. The normalized spacial score (nSPS) is 12.4. The van der Waals surface area contributed by atoms with Crippen molar-refractivity contribution in [3.63, 3.8) is 0 Å². The van der Waals surface area contributed by atoms with E-state index >= 15 is 0 Å². The average Bonchev–Trinajstić information content (AvgIpc) is 2.93. The third kappa shape index (κ3) is 3.73. The van der Waals surface area contributed by atoms with Gasteiger partial charge in [-0.2, -0.15) is 0 Å². The number of benzene rings is 1. The molecule has 6 heteroatoms. The Morgan fingerprint density at radius 1 is 1.35 bits per heavy atom. The Balaban J connectivity index is 2.02. The van der Waals surface area contributed by atoms with E-state index in [-0.39, 0.29) is 12.5 Å². The largest absolute Gasteiger partial charge is 0.483 e. The lowest BCUT2D eigenvalue weighted by Gasteiger charge is -2.12. The van der Waals surface area contributed by atoms with E-state index in [0.29, 0.717) is 17.7 Å². The zero-order valence-electron chi connectivity index (χ0n) is 11.4. The number of nitrogens with zero attached hydrogens (tertiary/aromatic N) is 2. The minimum Gasteiger partial charge on any atom is -0.483 e. The maximum atomic E-state index is 5.66. The molecule has 0 radical (unpaired) electrons. The van der Waals surface area contributed by atoms with Crippen LogP contribution in [-0.4, -0.2) is 10.2 Å². The first-order chi connectivity index (χ1) is 9.63. The van der Waals surface area contributed by atoms with Gasteiger partial charge in [0, 0.05) is 0 Å². The average molecular weight is 360 g/mol. The van der Waals surface area contributed by atoms with Gasteiger partial charge in [-0.1, -0.05) is 19.9 Å². The fraction of sp³-hybridized carbons (Fsp3) is 0.429. The fourth-order valence-corrected chi connectivity index (χ4v) is 2.34. The van der Waals surface area contributed by atoms with Crippen LogP contribution in [0.3, 0.4) is 0 Å². The molecule has 1 heterocycles. The highest BCUT2D eigenvalue weighted by molar-refractivity contribution is 9.10. The molecule has 0 aliphatic heterocycles. The Hall–Kier alpha value is -1.07. The minimum atomic E-state index is 0.209. The monoisotopic (exact) mass is 358 g/mol. The van der Waals surface area contributed by atoms with E-state index in [4.69, 9.17) is 20.8 Å². The Bertz CT molecular complexity index is 574. The predicted octanol–water partition coefficient (Wildman–Crippen LogP) is 4.66. The van der Waals surface area contributed by atoms with Gasteiger partial charge in [0.15, 0.2) is 6.61 Å². The topological polar surface area (TPSA) is 48.2 Å². The highest BCUT2D eigenvalue weighted by Gasteiger charge is 2.10. The first-order valence-corrected chi connectivity index (χ1v) is 7.76. The minimum absolute atomic E-state index is 0.209. The van der Waals surface area contributed by atoms with E-state index in [0.717, 1.165) is 16.6 Å². The van der Waals surface area contributed by atoms with Gasteiger partial charge in [-0.3, -0.25) is 0 Å². The van der Waals surface area contributed by atoms with Crippen molar-refractivity contribution in [2.24, 2.45) is 0 Å². The molecular weight excluding hydrogens is 344 g/mol. The number of alkyl halides is 1. The Kier molecular flexibility index (Phi) is 5.43. The van der Waals surface area contributed by atoms with Crippen molar-refractivity contribution in [3.8, 4) is 5.75 Å². The zero-order valence-corrected chi connectivity index (χ0v) is 13.7. The molecule has 1 atom stereocenters. The molecule has 108 valence electrons. The van der Waals surface area contributed by atoms with Crippen LogP contribution in [0.5, 0.6) is 5.75 Å². The molecular formula is C14H16BrClN2O2. The molecule has 1 aromatic carbocycles. The van der Waals surface area contributed by atoms with E-state index < -0.39 is 0 Å². The maximum Gasteiger partial charge on any atom is 0.253 e. The SMILES string of the molecule is CCC(C)c1ccc(OCc2nnc(CCl)o2)c(Br)c1. The van der Waals surface area contributed by atoms with Crippen LogP contribution in [0.25, 0.3) is 0 Å². The first kappa shape index (κ1) is 15.3. The van der Waals surface area contributed by atoms with Crippen LogP contribution in [-0.2, 0) is 12.5 Å². The van der Waals surface area contributed by atoms with Crippen molar-refractivity contribution >= 4 is 27.5 Å². The highest BCUT2D eigenvalue weighted by Crippen LogP contribution is 2.30. The summed E-state index contributed by atoms with van der Waals surface area (Å²) in [5.74, 6) is 2.31. The molecule has 0 N–H and O–H groups in total. The van der Waals surface area contributed by atoms with Gasteiger partial charge in [-0.15, -0.1) is 21.8 Å². The van der Waals surface area contributed by atoms with Crippen molar-refractivity contribution in [1.29, 1.82) is 0 Å². The second-order valence-electron chi connectivity index (χ2n) is 4.51. The van der Waals surface area contributed by atoms with Gasteiger partial charge in [-0.25, -0.2) is 0 Å². The molecule has 0 aliphatic rings. The number of ether oxygens (including phenoxy) is 1. The molecule has 0 fully saturated rings. The zero-order chi connectivity index (χ0) is 14.5. The number of rotatable bonds is 6. The summed E-state index contributed by atoms with van der Waals surface area (Å²) >= 11 is 9.12. The lowest BCUT2D eigenvalue weighted by Crippen LogP contribution is -1.98. The fourth-order valence-electron chi connectivity index (χ4n) is 1.72. The van der Waals surface area contributed by atoms with E-state index in [1.165, 1.54) is 5.56 Å². The van der Waals surface area contributed by atoms with Crippen molar-refractivity contribution in [2.75, 3.05) is 0 Å². The van der Waals surface area contributed by atoms with Crippen LogP contribution in [0.15, 0.2) is 27.1 Å². The van der Waals surface area contributed by atoms with Gasteiger partial charge in [0.1, 0.15) is 11.6 Å². The molecule has 1 aromatic heterocycles. The lowest BCUT2D eigenvalue weighted by molar-refractivity contribution is 0.258. The number of halogens is 2. The smallest absolute Gasteiger partial charge is 0.253 e. The van der Waals surface area contributed by atoms with Gasteiger partial charge in [0.2, 0.25) is 5.89 Å². The van der Waals surface area contributed by atoms with E-state index in [9.17, 15) is 0 Å². The Morgan fingerprint density at radius 2 is 2.10 bits per heavy atom. The number of hydrogen-bond acceptors (Lipinski definition) is 4. The lowest BCUT2D eigenvalue weighted by atomic mass is 9.99. The molecule has 4 nitrogen and oxygen atoms in total. The molecule has 0 saturated carbocycles. The summed E-state index contributed by atoms with van der Waals surface area (Å²) in [4.78, 5) is 0. The van der Waals surface area contributed by atoms with Gasteiger partial charge < -0.3 is 9.15 Å². The van der Waals surface area contributed by atoms with Gasteiger partial charge in [-0.05, 0) is 46.0 Å². The third-order valence-corrected chi connectivity index (χ3v) is 3.96. The van der Waals surface area contributed by atoms with Crippen LogP contribution >= 0.6 is 27.5 Å². The summed E-state index contributed by atoms with van der Waals surface area (Å²) in [5, 5.41) is 7.63. The summed E-state index contributed by atoms with van der Waals surface area (Å²) in [7, 11) is 0. The quantitative estimate of drug-likeness (QED) is 0.704. The number of hydrogen-bond donors (Lipinski definition) is 0. The molecule has 1 unspecified atom stereocenters. The summed E-state index contributed by atoms with van der Waals surface area (Å²) in [6.45, 7) is 4.60. The van der Waals surface area contributed by atoms with Crippen LogP contribution in [0.4, 0.5) is 0 Å². The van der Waals surface area contributed by atoms with E-state index in [1.54, 1.807) is 0 Å². The Morgan fingerprint density at radius 3 is 2.70 bits per heavy atom.